The molecular formula is C22H32ClN5O7S. The number of rotatable bonds is 11. The lowest BCUT2D eigenvalue weighted by Gasteiger charge is -2.31. The van der Waals surface area contributed by atoms with Gasteiger partial charge in [0.15, 0.2) is 0 Å². The summed E-state index contributed by atoms with van der Waals surface area (Å²) < 4.78 is 31.8. The minimum Gasteiger partial charge on any atom is -0.726 e. The Morgan fingerprint density at radius 2 is 1.75 bits per heavy atom. The van der Waals surface area contributed by atoms with Gasteiger partial charge in [0.25, 0.3) is 5.69 Å². The lowest BCUT2D eigenvalue weighted by Crippen LogP contribution is -2.48. The van der Waals surface area contributed by atoms with Gasteiger partial charge in [0, 0.05) is 24.7 Å². The van der Waals surface area contributed by atoms with Crippen LogP contribution in [0.25, 0.3) is 0 Å². The normalized spacial score (nSPS) is 13.7. The van der Waals surface area contributed by atoms with E-state index in [2.05, 4.69) is 40.7 Å². The van der Waals surface area contributed by atoms with Crippen LogP contribution in [0.1, 0.15) is 25.5 Å². The van der Waals surface area contributed by atoms with Crippen molar-refractivity contribution in [3.63, 3.8) is 0 Å². The topological polar surface area (TPSA) is 167 Å². The molecule has 0 aliphatic rings. The minimum atomic E-state index is -4.41. The molecule has 2 aromatic rings. The van der Waals surface area contributed by atoms with Gasteiger partial charge in [-0.1, -0.05) is 23.7 Å². The van der Waals surface area contributed by atoms with E-state index in [-0.39, 0.29) is 22.9 Å². The fourth-order valence-electron chi connectivity index (χ4n) is 3.14. The molecule has 2 N–H and O–H groups in total. The predicted octanol–water partition coefficient (Wildman–Crippen LogP) is 3.86. The number of quaternary nitrogens is 1. The number of azo groups is 1. The largest absolute Gasteiger partial charge is 0.726 e. The van der Waals surface area contributed by atoms with Crippen molar-refractivity contribution >= 4 is 39.1 Å². The summed E-state index contributed by atoms with van der Waals surface area (Å²) >= 11 is 6.03. The van der Waals surface area contributed by atoms with Crippen LogP contribution in [-0.2, 0) is 14.6 Å². The number of nitrogens with one attached hydrogen (secondary N) is 1. The molecule has 0 heterocycles. The minimum absolute atomic E-state index is 0.0853. The van der Waals surface area contributed by atoms with Crippen LogP contribution >= 0.6 is 11.6 Å². The molecule has 0 saturated carbocycles. The van der Waals surface area contributed by atoms with Crippen LogP contribution in [0.2, 0.25) is 5.02 Å². The molecule has 200 valence electrons. The number of nitrogens with zero attached hydrogens (tertiary/aromatic N) is 4. The second-order valence-corrected chi connectivity index (χ2v) is 10.2. The van der Waals surface area contributed by atoms with Crippen molar-refractivity contribution in [2.75, 3.05) is 40.8 Å². The van der Waals surface area contributed by atoms with Crippen molar-refractivity contribution in [3.05, 3.63) is 63.2 Å². The third-order valence-corrected chi connectivity index (χ3v) is 5.65. The third kappa shape index (κ3) is 12.4. The van der Waals surface area contributed by atoms with E-state index >= 15 is 0 Å². The molecule has 2 atom stereocenters. The zero-order chi connectivity index (χ0) is 27.5. The molecule has 0 amide bonds. The van der Waals surface area contributed by atoms with Gasteiger partial charge in [0.1, 0.15) is 18.3 Å². The molecular weight excluding hydrogens is 514 g/mol. The number of benzene rings is 2. The van der Waals surface area contributed by atoms with Gasteiger partial charge in [-0.05, 0) is 37.6 Å². The van der Waals surface area contributed by atoms with Gasteiger partial charge in [-0.15, -0.1) is 5.11 Å². The van der Waals surface area contributed by atoms with Gasteiger partial charge in [0.2, 0.25) is 10.4 Å². The highest BCUT2D eigenvalue weighted by molar-refractivity contribution is 7.80. The Balaban J connectivity index is 0.000000960. The Kier molecular flexibility index (Phi) is 12.5. The zero-order valence-corrected chi connectivity index (χ0v) is 22.4. The highest BCUT2D eigenvalue weighted by Gasteiger charge is 2.18. The standard InChI is InChI=1S/C21H29ClN5O3.CH4O4S/c1-15(28)14-27(3,4)12-11-23-16(2)17-5-7-18(8-6-17)24-25-21-10-9-19(26(29)30)13-20(21)22;1-5-6(2,3)4/h5-10,13,15-16,23,28H,11-12,14H2,1-4H3;1H3,(H,2,3,4)/q+1;/p-1. The first-order valence-corrected chi connectivity index (χ1v) is 12.5. The highest BCUT2D eigenvalue weighted by atomic mass is 35.5. The fraction of sp³-hybridized carbons (Fsp3) is 0.455. The number of nitro groups is 1. The first-order valence-electron chi connectivity index (χ1n) is 10.8. The molecule has 36 heavy (non-hydrogen) atoms. The van der Waals surface area contributed by atoms with Gasteiger partial charge >= 0.3 is 0 Å². The molecule has 0 bridgehead atoms. The first kappa shape index (κ1) is 31.5. The molecule has 0 aliphatic heterocycles. The molecule has 0 fully saturated rings. The highest BCUT2D eigenvalue weighted by Crippen LogP contribution is 2.30. The molecule has 0 spiro atoms. The predicted molar refractivity (Wildman–Crippen MR) is 135 cm³/mol. The fourth-order valence-corrected chi connectivity index (χ4v) is 3.35. The van der Waals surface area contributed by atoms with Gasteiger partial charge < -0.3 is 19.5 Å². The number of likely N-dealkylation sites (N-methyl/N-ethyl adjacent to an activating group) is 1. The second-order valence-electron chi connectivity index (χ2n) is 8.63. The lowest BCUT2D eigenvalue weighted by molar-refractivity contribution is -0.892. The van der Waals surface area contributed by atoms with Crippen molar-refractivity contribution in [1.29, 1.82) is 0 Å². The van der Waals surface area contributed by atoms with E-state index in [1.54, 1.807) is 0 Å². The molecule has 0 aliphatic carbocycles. The van der Waals surface area contributed by atoms with E-state index in [0.29, 0.717) is 17.9 Å². The maximum atomic E-state index is 10.8. The Morgan fingerprint density at radius 1 is 1.17 bits per heavy atom. The molecule has 2 aromatic carbocycles. The summed E-state index contributed by atoms with van der Waals surface area (Å²) in [6.07, 6.45) is -0.319. The number of nitro benzene ring substituents is 1. The summed E-state index contributed by atoms with van der Waals surface area (Å²) in [5, 5.41) is 32.3. The third-order valence-electron chi connectivity index (χ3n) is 4.94. The van der Waals surface area contributed by atoms with Crippen LogP contribution in [0.3, 0.4) is 0 Å². The number of hydrogen-bond acceptors (Lipinski definition) is 10. The number of hydrogen-bond donors (Lipinski definition) is 2. The second kappa shape index (κ2) is 14.3. The average Bonchev–Trinajstić information content (AvgIpc) is 2.77. The SMILES string of the molecule is CC(O)C[N+](C)(C)CCNC(C)c1ccc(N=Nc2ccc([N+](=O)[O-])cc2Cl)cc1.COS(=O)(=O)[O-]. The molecule has 2 rings (SSSR count). The van der Waals surface area contributed by atoms with Crippen LogP contribution in [0, 0.1) is 10.1 Å². The van der Waals surface area contributed by atoms with E-state index in [9.17, 15) is 28.2 Å². The van der Waals surface area contributed by atoms with E-state index in [0.717, 1.165) is 30.2 Å². The smallest absolute Gasteiger partial charge is 0.271 e. The van der Waals surface area contributed by atoms with Crippen LogP contribution in [-0.4, -0.2) is 74.4 Å². The maximum absolute atomic E-state index is 10.8. The maximum Gasteiger partial charge on any atom is 0.271 e. The summed E-state index contributed by atoms with van der Waals surface area (Å²) in [7, 11) is 0.610. The zero-order valence-electron chi connectivity index (χ0n) is 20.8. The van der Waals surface area contributed by atoms with Crippen molar-refractivity contribution in [2.24, 2.45) is 10.2 Å². The Morgan fingerprint density at radius 3 is 2.22 bits per heavy atom. The number of aliphatic hydroxyl groups is 1. The van der Waals surface area contributed by atoms with Gasteiger partial charge in [-0.3, -0.25) is 14.3 Å². The van der Waals surface area contributed by atoms with Crippen molar-refractivity contribution in [3.8, 4) is 0 Å². The Hall–Kier alpha value is -2.52. The van der Waals surface area contributed by atoms with Gasteiger partial charge in [-0.25, -0.2) is 8.42 Å². The van der Waals surface area contributed by atoms with E-state index in [1.807, 2.05) is 31.2 Å². The van der Waals surface area contributed by atoms with Gasteiger partial charge in [-0.2, -0.15) is 5.11 Å². The number of non-ortho nitro benzene ring substituents is 1. The summed E-state index contributed by atoms with van der Waals surface area (Å²) in [6.45, 7) is 6.37. The van der Waals surface area contributed by atoms with E-state index in [4.69, 9.17) is 11.6 Å². The van der Waals surface area contributed by atoms with Crippen LogP contribution in [0.15, 0.2) is 52.7 Å². The van der Waals surface area contributed by atoms with E-state index < -0.39 is 15.3 Å². The van der Waals surface area contributed by atoms with Gasteiger partial charge in [0.05, 0.1) is 43.4 Å². The van der Waals surface area contributed by atoms with Crippen molar-refractivity contribution < 1.29 is 31.7 Å². The van der Waals surface area contributed by atoms with Crippen molar-refractivity contribution in [1.82, 2.24) is 5.32 Å². The summed E-state index contributed by atoms with van der Waals surface area (Å²) in [6, 6.07) is 11.9. The Bertz CT molecular complexity index is 1130. The van der Waals surface area contributed by atoms with E-state index in [1.165, 1.54) is 18.2 Å². The number of halogens is 1. The number of aliphatic hydroxyl groups excluding tert-OH is 1. The van der Waals surface area contributed by atoms with Crippen LogP contribution in [0.5, 0.6) is 0 Å². The van der Waals surface area contributed by atoms with Crippen LogP contribution < -0.4 is 5.32 Å². The molecule has 14 heteroatoms. The quantitative estimate of drug-likeness (QED) is 0.107. The van der Waals surface area contributed by atoms with Crippen LogP contribution in [0.4, 0.5) is 17.1 Å². The molecule has 0 saturated heterocycles. The summed E-state index contributed by atoms with van der Waals surface area (Å²) in [5.41, 5.74) is 2.08. The molecule has 12 nitrogen and oxygen atoms in total. The first-order chi connectivity index (χ1) is 16.6. The molecule has 2 unspecified atom stereocenters. The summed E-state index contributed by atoms with van der Waals surface area (Å²) in [4.78, 5) is 10.3. The average molecular weight is 546 g/mol. The van der Waals surface area contributed by atoms with Crippen molar-refractivity contribution in [2.45, 2.75) is 26.0 Å². The Labute approximate surface area is 216 Å². The molecule has 0 radical (unpaired) electrons. The summed E-state index contributed by atoms with van der Waals surface area (Å²) in [5.74, 6) is 0. The molecule has 0 aromatic heterocycles. The lowest BCUT2D eigenvalue weighted by atomic mass is 10.1. The monoisotopic (exact) mass is 545 g/mol.